The summed E-state index contributed by atoms with van der Waals surface area (Å²) in [4.78, 5) is 24.9. The Labute approximate surface area is 159 Å². The van der Waals surface area contributed by atoms with Crippen LogP contribution in [0.3, 0.4) is 0 Å². The average Bonchev–Trinajstić information content (AvgIpc) is 2.92. The Morgan fingerprint density at radius 3 is 2.64 bits per heavy atom. The molecule has 0 aliphatic rings. The van der Waals surface area contributed by atoms with Gasteiger partial charge in [0.2, 0.25) is 11.8 Å². The Morgan fingerprint density at radius 2 is 2.00 bits per heavy atom. The van der Waals surface area contributed by atoms with E-state index in [1.807, 2.05) is 37.3 Å². The van der Waals surface area contributed by atoms with Crippen molar-refractivity contribution in [2.24, 2.45) is 5.73 Å². The molecule has 0 unspecified atom stereocenters. The van der Waals surface area contributed by atoms with Crippen LogP contribution >= 0.6 is 27.3 Å². The van der Waals surface area contributed by atoms with Crippen molar-refractivity contribution < 1.29 is 14.3 Å². The zero-order valence-corrected chi connectivity index (χ0v) is 16.4. The summed E-state index contributed by atoms with van der Waals surface area (Å²) in [5.41, 5.74) is 7.02. The van der Waals surface area contributed by atoms with Gasteiger partial charge in [0.25, 0.3) is 0 Å². The number of nitrogens with two attached hydrogens (primary N) is 1. The zero-order valence-electron chi connectivity index (χ0n) is 14.0. The molecule has 0 spiro atoms. The van der Waals surface area contributed by atoms with Crippen LogP contribution in [-0.4, -0.2) is 25.0 Å². The molecule has 1 aromatic heterocycles. The van der Waals surface area contributed by atoms with Crippen LogP contribution in [0, 0.1) is 0 Å². The summed E-state index contributed by atoms with van der Waals surface area (Å²) in [6, 6.07) is 9.55. The lowest BCUT2D eigenvalue weighted by atomic mass is 10.1. The number of hydrogen-bond acceptors (Lipinski definition) is 4. The number of carbonyl (C=O) groups excluding carboxylic acids is 2. The van der Waals surface area contributed by atoms with E-state index in [4.69, 9.17) is 10.5 Å². The summed E-state index contributed by atoms with van der Waals surface area (Å²) >= 11 is 5.05. The topological polar surface area (TPSA) is 81.4 Å². The van der Waals surface area contributed by atoms with Crippen LogP contribution in [0.15, 0.2) is 34.8 Å². The Balaban J connectivity index is 1.96. The second kappa shape index (κ2) is 9.70. The van der Waals surface area contributed by atoms with E-state index in [0.29, 0.717) is 26.1 Å². The Hall–Kier alpha value is -1.70. The van der Waals surface area contributed by atoms with Crippen molar-refractivity contribution in [1.29, 1.82) is 0 Å². The van der Waals surface area contributed by atoms with Crippen LogP contribution in [-0.2, 0) is 20.7 Å². The van der Waals surface area contributed by atoms with Gasteiger partial charge in [0.1, 0.15) is 0 Å². The van der Waals surface area contributed by atoms with Crippen LogP contribution in [0.4, 0.5) is 5.69 Å². The highest BCUT2D eigenvalue weighted by Gasteiger charge is 2.11. The van der Waals surface area contributed by atoms with Crippen LogP contribution in [0.5, 0.6) is 0 Å². The third-order valence-corrected chi connectivity index (χ3v) is 5.49. The Bertz CT molecular complexity index is 728. The van der Waals surface area contributed by atoms with Crippen LogP contribution in [0.25, 0.3) is 10.4 Å². The van der Waals surface area contributed by atoms with Crippen LogP contribution in [0.2, 0.25) is 0 Å². The standard InChI is InChI=1S/C18H21BrN2O3S/c1-2-24-9-3-4-17(23)21-13-7-5-12(6-8-13)18-15(19)10-14(25-18)11-16(20)22/h5-8,10H,2-4,9,11H2,1H3,(H2,20,22)(H,21,23). The number of rotatable bonds is 9. The quantitative estimate of drug-likeness (QED) is 0.597. The summed E-state index contributed by atoms with van der Waals surface area (Å²) in [6.45, 7) is 3.20. The third-order valence-electron chi connectivity index (χ3n) is 3.41. The number of ether oxygens (including phenoxy) is 1. The average molecular weight is 425 g/mol. The Morgan fingerprint density at radius 1 is 1.28 bits per heavy atom. The highest BCUT2D eigenvalue weighted by Crippen LogP contribution is 2.37. The predicted molar refractivity (Wildman–Crippen MR) is 105 cm³/mol. The fourth-order valence-corrected chi connectivity index (χ4v) is 4.24. The molecule has 5 nitrogen and oxygen atoms in total. The summed E-state index contributed by atoms with van der Waals surface area (Å²) in [5, 5.41) is 2.88. The van der Waals surface area contributed by atoms with Gasteiger partial charge in [-0.3, -0.25) is 9.59 Å². The van der Waals surface area contributed by atoms with Crippen molar-refractivity contribution in [2.45, 2.75) is 26.2 Å². The van der Waals surface area contributed by atoms with Gasteiger partial charge in [-0.05, 0) is 53.0 Å². The molecule has 0 radical (unpaired) electrons. The molecule has 0 aliphatic carbocycles. The van der Waals surface area contributed by atoms with Crippen molar-refractivity contribution in [2.75, 3.05) is 18.5 Å². The van der Waals surface area contributed by atoms with Gasteiger partial charge >= 0.3 is 0 Å². The first-order valence-corrected chi connectivity index (χ1v) is 9.65. The molecule has 1 aromatic carbocycles. The lowest BCUT2D eigenvalue weighted by molar-refractivity contribution is -0.117. The minimum Gasteiger partial charge on any atom is -0.382 e. The van der Waals surface area contributed by atoms with Gasteiger partial charge in [0, 0.05) is 39.5 Å². The molecule has 0 atom stereocenters. The molecule has 0 saturated heterocycles. The van der Waals surface area contributed by atoms with Gasteiger partial charge < -0.3 is 15.8 Å². The number of primary amides is 1. The maximum atomic E-state index is 11.9. The molecule has 25 heavy (non-hydrogen) atoms. The third kappa shape index (κ3) is 6.26. The molecule has 134 valence electrons. The normalized spacial score (nSPS) is 10.6. The molecular weight excluding hydrogens is 404 g/mol. The molecule has 3 N–H and O–H groups in total. The molecular formula is C18H21BrN2O3S. The van der Waals surface area contributed by atoms with Gasteiger partial charge in [0.05, 0.1) is 6.42 Å². The number of amides is 2. The molecule has 0 saturated carbocycles. The van der Waals surface area contributed by atoms with E-state index >= 15 is 0 Å². The highest BCUT2D eigenvalue weighted by atomic mass is 79.9. The number of hydrogen-bond donors (Lipinski definition) is 2. The molecule has 0 fully saturated rings. The molecule has 2 amide bonds. The highest BCUT2D eigenvalue weighted by molar-refractivity contribution is 9.10. The summed E-state index contributed by atoms with van der Waals surface area (Å²) in [5.74, 6) is -0.365. The monoisotopic (exact) mass is 424 g/mol. The van der Waals surface area contributed by atoms with Crippen molar-refractivity contribution in [1.82, 2.24) is 0 Å². The SMILES string of the molecule is CCOCCCC(=O)Nc1ccc(-c2sc(CC(N)=O)cc2Br)cc1. The van der Waals surface area contributed by atoms with Gasteiger partial charge in [-0.2, -0.15) is 0 Å². The molecule has 2 rings (SSSR count). The lowest BCUT2D eigenvalue weighted by Gasteiger charge is -2.06. The van der Waals surface area contributed by atoms with E-state index in [1.54, 1.807) is 0 Å². The van der Waals surface area contributed by atoms with E-state index < -0.39 is 0 Å². The van der Waals surface area contributed by atoms with Crippen molar-refractivity contribution in [3.8, 4) is 10.4 Å². The molecule has 2 aromatic rings. The number of nitrogens with one attached hydrogen (secondary N) is 1. The minimum atomic E-state index is -0.345. The first-order chi connectivity index (χ1) is 12.0. The lowest BCUT2D eigenvalue weighted by Crippen LogP contribution is -2.12. The summed E-state index contributed by atoms with van der Waals surface area (Å²) in [7, 11) is 0. The first kappa shape index (κ1) is 19.6. The van der Waals surface area contributed by atoms with Gasteiger partial charge in [-0.15, -0.1) is 11.3 Å². The summed E-state index contributed by atoms with van der Waals surface area (Å²) < 4.78 is 6.16. The fraction of sp³-hybridized carbons (Fsp3) is 0.333. The molecule has 7 heteroatoms. The van der Waals surface area contributed by atoms with Crippen LogP contribution in [0.1, 0.15) is 24.6 Å². The summed E-state index contributed by atoms with van der Waals surface area (Å²) in [6.07, 6.45) is 1.39. The van der Waals surface area contributed by atoms with E-state index in [9.17, 15) is 9.59 Å². The second-order valence-corrected chi connectivity index (χ2v) is 7.45. The molecule has 0 bridgehead atoms. The van der Waals surface area contributed by atoms with Crippen molar-refractivity contribution in [3.63, 3.8) is 0 Å². The van der Waals surface area contributed by atoms with E-state index in [2.05, 4.69) is 21.2 Å². The fourth-order valence-electron chi connectivity index (χ4n) is 2.28. The maximum absolute atomic E-state index is 11.9. The number of carbonyl (C=O) groups is 2. The van der Waals surface area contributed by atoms with Gasteiger partial charge in [-0.1, -0.05) is 12.1 Å². The van der Waals surface area contributed by atoms with E-state index in [1.165, 1.54) is 11.3 Å². The predicted octanol–water partition coefficient (Wildman–Crippen LogP) is 3.96. The number of anilines is 1. The van der Waals surface area contributed by atoms with Crippen LogP contribution < -0.4 is 11.1 Å². The number of benzene rings is 1. The van der Waals surface area contributed by atoms with Crippen molar-refractivity contribution >= 4 is 44.8 Å². The minimum absolute atomic E-state index is 0.0199. The zero-order chi connectivity index (χ0) is 18.2. The van der Waals surface area contributed by atoms with Gasteiger partial charge in [-0.25, -0.2) is 0 Å². The second-order valence-electron chi connectivity index (χ2n) is 5.46. The number of thiophene rings is 1. The number of halogens is 1. The largest absolute Gasteiger partial charge is 0.382 e. The maximum Gasteiger partial charge on any atom is 0.224 e. The van der Waals surface area contributed by atoms with Gasteiger partial charge in [0.15, 0.2) is 0 Å². The van der Waals surface area contributed by atoms with E-state index in [0.717, 1.165) is 25.5 Å². The molecule has 1 heterocycles. The Kier molecular flexibility index (Phi) is 7.61. The first-order valence-electron chi connectivity index (χ1n) is 8.04. The van der Waals surface area contributed by atoms with E-state index in [-0.39, 0.29) is 18.2 Å². The smallest absolute Gasteiger partial charge is 0.224 e. The molecule has 0 aliphatic heterocycles. The van der Waals surface area contributed by atoms with Crippen molar-refractivity contribution in [3.05, 3.63) is 39.7 Å².